The van der Waals surface area contributed by atoms with Gasteiger partial charge in [-0.1, -0.05) is 24.8 Å². The lowest BCUT2D eigenvalue weighted by atomic mass is 9.97. The lowest BCUT2D eigenvalue weighted by molar-refractivity contribution is 0.117. The minimum Gasteiger partial charge on any atom is -0.368 e. The maximum atomic E-state index is 10.6. The molecule has 1 aliphatic rings. The van der Waals surface area contributed by atoms with Crippen molar-refractivity contribution in [3.63, 3.8) is 0 Å². The summed E-state index contributed by atoms with van der Waals surface area (Å²) in [6, 6.07) is 0. The third-order valence-electron chi connectivity index (χ3n) is 1.84. The van der Waals surface area contributed by atoms with E-state index in [2.05, 4.69) is 6.58 Å². The normalized spacial score (nSPS) is 20.8. The Labute approximate surface area is 77.9 Å². The van der Waals surface area contributed by atoms with Gasteiger partial charge in [0.05, 0.1) is 5.57 Å². The van der Waals surface area contributed by atoms with Crippen LogP contribution in [0.15, 0.2) is 42.0 Å². The maximum absolute atomic E-state index is 10.6. The van der Waals surface area contributed by atoms with E-state index in [1.54, 1.807) is 18.2 Å². The first kappa shape index (κ1) is 9.72. The first-order valence-electron chi connectivity index (χ1n) is 4.20. The van der Waals surface area contributed by atoms with Crippen LogP contribution in [0.25, 0.3) is 0 Å². The molecule has 1 rings (SSSR count). The first-order chi connectivity index (χ1) is 6.33. The van der Waals surface area contributed by atoms with Gasteiger partial charge in [0.1, 0.15) is 12.0 Å². The summed E-state index contributed by atoms with van der Waals surface area (Å²) >= 11 is 0. The van der Waals surface area contributed by atoms with Gasteiger partial charge in [-0.15, -0.1) is 0 Å². The van der Waals surface area contributed by atoms with Crippen LogP contribution in [0.1, 0.15) is 6.92 Å². The smallest absolute Gasteiger partial charge is 0.131 e. The summed E-state index contributed by atoms with van der Waals surface area (Å²) in [6.45, 7) is 6.11. The van der Waals surface area contributed by atoms with E-state index < -0.39 is 0 Å². The summed E-state index contributed by atoms with van der Waals surface area (Å²) < 4.78 is 5.40. The van der Waals surface area contributed by atoms with E-state index in [9.17, 15) is 4.79 Å². The lowest BCUT2D eigenvalue weighted by Gasteiger charge is -2.19. The van der Waals surface area contributed by atoms with Gasteiger partial charge < -0.3 is 4.74 Å². The molecule has 1 aliphatic carbocycles. The van der Waals surface area contributed by atoms with E-state index >= 15 is 0 Å². The minimum absolute atomic E-state index is 0.287. The highest BCUT2D eigenvalue weighted by atomic mass is 16.5. The molecule has 0 radical (unpaired) electrons. The van der Waals surface area contributed by atoms with E-state index in [0.717, 1.165) is 5.57 Å². The van der Waals surface area contributed by atoms with Crippen molar-refractivity contribution in [2.45, 2.75) is 13.0 Å². The molecule has 0 saturated heterocycles. The van der Waals surface area contributed by atoms with Gasteiger partial charge >= 0.3 is 0 Å². The van der Waals surface area contributed by atoms with Crippen molar-refractivity contribution in [2.24, 2.45) is 0 Å². The molecule has 68 valence electrons. The molecule has 0 heterocycles. The van der Waals surface area contributed by atoms with Gasteiger partial charge in [-0.2, -0.15) is 0 Å². The molecule has 0 aromatic carbocycles. The predicted molar refractivity (Wildman–Crippen MR) is 52.0 cm³/mol. The first-order valence-corrected chi connectivity index (χ1v) is 4.20. The molecule has 0 saturated carbocycles. The molecule has 0 aromatic rings. The Morgan fingerprint density at radius 3 is 3.08 bits per heavy atom. The predicted octanol–water partition coefficient (Wildman–Crippen LogP) is 1.83. The Hall–Kier alpha value is -1.37. The molecule has 2 nitrogen and oxygen atoms in total. The summed E-state index contributed by atoms with van der Waals surface area (Å²) in [5, 5.41) is 0. The fourth-order valence-corrected chi connectivity index (χ4v) is 1.23. The second-order valence-electron chi connectivity index (χ2n) is 2.62. The van der Waals surface area contributed by atoms with Crippen LogP contribution in [0.5, 0.6) is 0 Å². The zero-order chi connectivity index (χ0) is 9.68. The van der Waals surface area contributed by atoms with Crippen LogP contribution in [0.3, 0.4) is 0 Å². The van der Waals surface area contributed by atoms with Crippen molar-refractivity contribution < 1.29 is 9.53 Å². The van der Waals surface area contributed by atoms with Crippen molar-refractivity contribution in [3.8, 4) is 0 Å². The highest BCUT2D eigenvalue weighted by Gasteiger charge is 2.18. The van der Waals surface area contributed by atoms with E-state index in [-0.39, 0.29) is 6.10 Å². The van der Waals surface area contributed by atoms with Crippen LogP contribution in [-0.2, 0) is 9.53 Å². The average molecular weight is 176 g/mol. The molecule has 0 aromatic heterocycles. The van der Waals surface area contributed by atoms with E-state index in [1.807, 2.05) is 18.9 Å². The molecular formula is C11H12O2. The Bertz CT molecular complexity index is 304. The quantitative estimate of drug-likeness (QED) is 0.613. The van der Waals surface area contributed by atoms with Crippen molar-refractivity contribution in [2.75, 3.05) is 6.61 Å². The minimum atomic E-state index is -0.287. The summed E-state index contributed by atoms with van der Waals surface area (Å²) in [4.78, 5) is 10.6. The summed E-state index contributed by atoms with van der Waals surface area (Å²) in [6.07, 6.45) is 6.80. The summed E-state index contributed by atoms with van der Waals surface area (Å²) in [5.41, 5.74) is 1.43. The van der Waals surface area contributed by atoms with Crippen molar-refractivity contribution in [1.29, 1.82) is 0 Å². The zero-order valence-electron chi connectivity index (χ0n) is 7.62. The Kier molecular flexibility index (Phi) is 3.44. The number of rotatable bonds is 3. The molecular weight excluding hydrogens is 164 g/mol. The fourth-order valence-electron chi connectivity index (χ4n) is 1.23. The molecule has 0 fully saturated rings. The topological polar surface area (TPSA) is 26.3 Å². The van der Waals surface area contributed by atoms with Crippen LogP contribution in [0, 0.1) is 0 Å². The number of allylic oxidation sites excluding steroid dienone is 2. The van der Waals surface area contributed by atoms with Crippen molar-refractivity contribution in [3.05, 3.63) is 42.0 Å². The average Bonchev–Trinajstić information content (AvgIpc) is 2.18. The van der Waals surface area contributed by atoms with Gasteiger partial charge in [0.2, 0.25) is 0 Å². The Balaban J connectivity index is 2.96. The van der Waals surface area contributed by atoms with Gasteiger partial charge in [0.25, 0.3) is 0 Å². The molecule has 0 N–H and O–H groups in total. The van der Waals surface area contributed by atoms with Gasteiger partial charge in [0, 0.05) is 6.61 Å². The summed E-state index contributed by atoms with van der Waals surface area (Å²) in [7, 11) is 0. The van der Waals surface area contributed by atoms with Crippen LogP contribution < -0.4 is 0 Å². The lowest BCUT2D eigenvalue weighted by Crippen LogP contribution is -2.19. The Morgan fingerprint density at radius 2 is 2.54 bits per heavy atom. The van der Waals surface area contributed by atoms with Crippen molar-refractivity contribution >= 4 is 5.94 Å². The number of hydrogen-bond acceptors (Lipinski definition) is 2. The van der Waals surface area contributed by atoms with Crippen LogP contribution in [0.2, 0.25) is 0 Å². The highest BCUT2D eigenvalue weighted by molar-refractivity contribution is 5.63. The zero-order valence-corrected chi connectivity index (χ0v) is 7.62. The molecule has 2 heteroatoms. The van der Waals surface area contributed by atoms with E-state index in [1.165, 1.54) is 0 Å². The molecule has 0 bridgehead atoms. The second kappa shape index (κ2) is 4.61. The van der Waals surface area contributed by atoms with Crippen LogP contribution >= 0.6 is 0 Å². The Morgan fingerprint density at radius 1 is 1.77 bits per heavy atom. The summed E-state index contributed by atoms with van der Waals surface area (Å²) in [5.74, 6) is 1.87. The number of hydrogen-bond donors (Lipinski definition) is 0. The van der Waals surface area contributed by atoms with Crippen molar-refractivity contribution in [1.82, 2.24) is 0 Å². The van der Waals surface area contributed by atoms with Gasteiger partial charge in [0.15, 0.2) is 0 Å². The van der Waals surface area contributed by atoms with Gasteiger partial charge in [-0.05, 0) is 18.6 Å². The van der Waals surface area contributed by atoms with Gasteiger partial charge in [-0.25, -0.2) is 4.79 Å². The van der Waals surface area contributed by atoms with Gasteiger partial charge in [-0.3, -0.25) is 0 Å². The molecule has 1 unspecified atom stereocenters. The maximum Gasteiger partial charge on any atom is 0.131 e. The molecule has 0 aliphatic heterocycles. The third kappa shape index (κ3) is 2.05. The standard InChI is InChI=1S/C11H12O2/c1-3-9-6-5-7-10(8-12)11(9)13-4-2/h3,5-7,11H,1,4H2,2H3. The largest absolute Gasteiger partial charge is 0.368 e. The molecule has 0 spiro atoms. The third-order valence-corrected chi connectivity index (χ3v) is 1.84. The van der Waals surface area contributed by atoms with E-state index in [4.69, 9.17) is 4.74 Å². The molecule has 1 atom stereocenters. The molecule has 0 amide bonds. The van der Waals surface area contributed by atoms with E-state index in [0.29, 0.717) is 12.2 Å². The fraction of sp³-hybridized carbons (Fsp3) is 0.273. The van der Waals surface area contributed by atoms with Crippen LogP contribution in [0.4, 0.5) is 0 Å². The highest BCUT2D eigenvalue weighted by Crippen LogP contribution is 2.20. The molecule has 13 heavy (non-hydrogen) atoms. The second-order valence-corrected chi connectivity index (χ2v) is 2.62. The number of carbonyl (C=O) groups excluding carboxylic acids is 1. The number of ether oxygens (including phenoxy) is 1. The van der Waals surface area contributed by atoms with Crippen LogP contribution in [-0.4, -0.2) is 18.7 Å². The SMILES string of the molecule is C=CC1=CC=CC(=C=O)C1OCC. The monoisotopic (exact) mass is 176 g/mol.